The molecule has 10 heteroatoms. The first-order chi connectivity index (χ1) is 14.5. The molecule has 1 atom stereocenters. The number of rotatable bonds is 4. The summed E-state index contributed by atoms with van der Waals surface area (Å²) in [6.45, 7) is 7.68. The van der Waals surface area contributed by atoms with Crippen molar-refractivity contribution < 1.29 is 14.1 Å². The second kappa shape index (κ2) is 7.68. The summed E-state index contributed by atoms with van der Waals surface area (Å²) in [5.41, 5.74) is 5.01. The Morgan fingerprint density at radius 1 is 1.35 bits per heavy atom. The van der Waals surface area contributed by atoms with Gasteiger partial charge in [0, 0.05) is 23.3 Å². The minimum absolute atomic E-state index is 0.0200. The number of hydrogen-bond acceptors (Lipinski definition) is 5. The van der Waals surface area contributed by atoms with Gasteiger partial charge >= 0.3 is 6.03 Å². The Morgan fingerprint density at radius 3 is 2.77 bits per heavy atom. The summed E-state index contributed by atoms with van der Waals surface area (Å²) in [5, 5.41) is 22.7. The van der Waals surface area contributed by atoms with E-state index in [1.165, 1.54) is 6.20 Å². The van der Waals surface area contributed by atoms with E-state index >= 15 is 0 Å². The minimum atomic E-state index is -3.58. The summed E-state index contributed by atoms with van der Waals surface area (Å²) in [6.07, 6.45) is 6.00. The number of pyridine rings is 1. The molecule has 2 aromatic rings. The standard InChI is InChI=1S/C21H30N6O3S/c1-12(2)27-10-17(16(11-28)25-27)31(22,30)26-20(29)24-18-13-6-5-7-15(13)23-19-14(18)8-9-21(19,3)4/h10,12,28H,5-9,11H2,1-4H3,(H3,22,23,24,26,29,30). The second-order valence-electron chi connectivity index (χ2n) is 9.24. The third-order valence-electron chi connectivity index (χ3n) is 6.18. The van der Waals surface area contributed by atoms with Crippen LogP contribution in [-0.2, 0) is 41.2 Å². The maximum atomic E-state index is 13.1. The quantitative estimate of drug-likeness (QED) is 0.663. The summed E-state index contributed by atoms with van der Waals surface area (Å²) < 4.78 is 18.5. The highest BCUT2D eigenvalue weighted by Crippen LogP contribution is 2.44. The fourth-order valence-corrected chi connectivity index (χ4v) is 5.56. The number of urea groups is 1. The Hall–Kier alpha value is -2.30. The van der Waals surface area contributed by atoms with Gasteiger partial charge in [0.15, 0.2) is 0 Å². The zero-order chi connectivity index (χ0) is 22.6. The van der Waals surface area contributed by atoms with Gasteiger partial charge in [-0.25, -0.2) is 14.1 Å². The first kappa shape index (κ1) is 21.9. The number of nitrogens with two attached hydrogens (primary N) is 1. The first-order valence-corrected chi connectivity index (χ1v) is 12.2. The average Bonchev–Trinajstić information content (AvgIpc) is 3.39. The van der Waals surface area contributed by atoms with E-state index in [1.807, 2.05) is 13.8 Å². The van der Waals surface area contributed by atoms with Crippen LogP contribution in [0.3, 0.4) is 0 Å². The molecule has 0 saturated carbocycles. The lowest BCUT2D eigenvalue weighted by Crippen LogP contribution is -2.20. The minimum Gasteiger partial charge on any atom is -0.390 e. The van der Waals surface area contributed by atoms with Crippen LogP contribution >= 0.6 is 0 Å². The van der Waals surface area contributed by atoms with Crippen molar-refractivity contribution >= 4 is 21.6 Å². The van der Waals surface area contributed by atoms with Gasteiger partial charge in [-0.05, 0) is 57.1 Å². The molecule has 0 aromatic carbocycles. The van der Waals surface area contributed by atoms with E-state index in [4.69, 9.17) is 10.1 Å². The molecule has 2 aromatic heterocycles. The van der Waals surface area contributed by atoms with E-state index < -0.39 is 22.6 Å². The number of amides is 2. The van der Waals surface area contributed by atoms with E-state index in [9.17, 15) is 14.1 Å². The van der Waals surface area contributed by atoms with E-state index in [0.29, 0.717) is 0 Å². The third kappa shape index (κ3) is 3.88. The zero-order valence-electron chi connectivity index (χ0n) is 18.4. The number of hydrogen-bond donors (Lipinski definition) is 3. The molecular weight excluding hydrogens is 416 g/mol. The maximum absolute atomic E-state index is 13.1. The molecule has 9 nitrogen and oxygen atoms in total. The van der Waals surface area contributed by atoms with E-state index in [2.05, 4.69) is 28.6 Å². The molecule has 0 spiro atoms. The molecule has 0 radical (unpaired) electrons. The maximum Gasteiger partial charge on any atom is 0.354 e. The van der Waals surface area contributed by atoms with Crippen LogP contribution in [0.25, 0.3) is 0 Å². The van der Waals surface area contributed by atoms with Gasteiger partial charge in [0.25, 0.3) is 0 Å². The van der Waals surface area contributed by atoms with Gasteiger partial charge in [-0.1, -0.05) is 13.8 Å². The van der Waals surface area contributed by atoms with Gasteiger partial charge < -0.3 is 10.4 Å². The lowest BCUT2D eigenvalue weighted by molar-refractivity contribution is 0.259. The third-order valence-corrected chi connectivity index (χ3v) is 7.59. The average molecular weight is 447 g/mol. The molecule has 168 valence electrons. The smallest absolute Gasteiger partial charge is 0.354 e. The molecule has 2 aliphatic carbocycles. The molecule has 0 bridgehead atoms. The molecular formula is C21H30N6O3S. The number of nitrogens with one attached hydrogen (secondary N) is 1. The molecule has 0 saturated heterocycles. The Balaban J connectivity index is 1.72. The van der Waals surface area contributed by atoms with Crippen LogP contribution in [0, 0.1) is 0 Å². The van der Waals surface area contributed by atoms with E-state index in [-0.39, 0.29) is 22.0 Å². The number of aliphatic hydroxyl groups is 1. The van der Waals surface area contributed by atoms with Crippen LogP contribution in [0.5, 0.6) is 0 Å². The molecule has 1 unspecified atom stereocenters. The molecule has 0 fully saturated rings. The number of anilines is 1. The Morgan fingerprint density at radius 2 is 2.10 bits per heavy atom. The van der Waals surface area contributed by atoms with Crippen LogP contribution in [0.1, 0.15) is 74.8 Å². The predicted molar refractivity (Wildman–Crippen MR) is 118 cm³/mol. The zero-order valence-corrected chi connectivity index (χ0v) is 19.3. The van der Waals surface area contributed by atoms with E-state index in [0.717, 1.165) is 60.3 Å². The van der Waals surface area contributed by atoms with Gasteiger partial charge in [-0.15, -0.1) is 4.36 Å². The van der Waals surface area contributed by atoms with Gasteiger partial charge in [0.2, 0.25) is 0 Å². The van der Waals surface area contributed by atoms with Crippen molar-refractivity contribution in [3.63, 3.8) is 0 Å². The van der Waals surface area contributed by atoms with Crippen molar-refractivity contribution in [2.45, 2.75) is 82.8 Å². The monoisotopic (exact) mass is 446 g/mol. The van der Waals surface area contributed by atoms with Crippen LogP contribution in [0.4, 0.5) is 10.5 Å². The van der Waals surface area contributed by atoms with Crippen molar-refractivity contribution in [2.24, 2.45) is 9.50 Å². The van der Waals surface area contributed by atoms with Crippen molar-refractivity contribution in [2.75, 3.05) is 5.32 Å². The highest BCUT2D eigenvalue weighted by atomic mass is 32.2. The number of carbonyl (C=O) groups excluding carboxylic acids is 1. The fourth-order valence-electron chi connectivity index (χ4n) is 4.47. The number of nitrogens with zero attached hydrogens (tertiary/aromatic N) is 4. The van der Waals surface area contributed by atoms with Gasteiger partial charge in [-0.2, -0.15) is 5.10 Å². The molecule has 4 N–H and O–H groups in total. The highest BCUT2D eigenvalue weighted by molar-refractivity contribution is 7.91. The predicted octanol–water partition coefficient (Wildman–Crippen LogP) is 3.00. The molecule has 2 amide bonds. The molecule has 2 aliphatic rings. The van der Waals surface area contributed by atoms with Gasteiger partial charge in [-0.3, -0.25) is 9.67 Å². The summed E-state index contributed by atoms with van der Waals surface area (Å²) in [7, 11) is -3.58. The summed E-state index contributed by atoms with van der Waals surface area (Å²) in [5.74, 6) is 0. The normalized spacial score (nSPS) is 18.5. The first-order valence-electron chi connectivity index (χ1n) is 10.6. The summed E-state index contributed by atoms with van der Waals surface area (Å²) in [4.78, 5) is 17.8. The Kier molecular flexibility index (Phi) is 5.43. The van der Waals surface area contributed by atoms with Gasteiger partial charge in [0.05, 0.1) is 18.0 Å². The Bertz CT molecular complexity index is 1170. The van der Waals surface area contributed by atoms with Crippen LogP contribution < -0.4 is 10.5 Å². The van der Waals surface area contributed by atoms with Crippen LogP contribution in [0.15, 0.2) is 15.5 Å². The largest absolute Gasteiger partial charge is 0.390 e. The molecule has 31 heavy (non-hydrogen) atoms. The van der Waals surface area contributed by atoms with Crippen molar-refractivity contribution in [1.82, 2.24) is 14.8 Å². The summed E-state index contributed by atoms with van der Waals surface area (Å²) in [6, 6.07) is -0.783. The molecule has 4 rings (SSSR count). The van der Waals surface area contributed by atoms with Crippen molar-refractivity contribution in [3.8, 4) is 0 Å². The highest BCUT2D eigenvalue weighted by Gasteiger charge is 2.36. The number of aliphatic hydroxyl groups excluding tert-OH is 1. The van der Waals surface area contributed by atoms with Crippen LogP contribution in [-0.4, -0.2) is 30.1 Å². The SMILES string of the molecule is CC(C)n1cc(S(N)(=O)=NC(=O)Nc2c3c(nc4c2CCC4(C)C)CCC3)c(CO)n1. The van der Waals surface area contributed by atoms with Gasteiger partial charge in [0.1, 0.15) is 20.5 Å². The number of aryl methyl sites for hydroxylation is 1. The topological polar surface area (TPSA) is 135 Å². The molecule has 0 aliphatic heterocycles. The number of aromatic nitrogens is 3. The number of fused-ring (bicyclic) bond motifs is 2. The lowest BCUT2D eigenvalue weighted by atomic mass is 9.90. The fraction of sp³-hybridized carbons (Fsp3) is 0.571. The van der Waals surface area contributed by atoms with E-state index in [1.54, 1.807) is 4.68 Å². The molecule has 2 heterocycles. The summed E-state index contributed by atoms with van der Waals surface area (Å²) >= 11 is 0. The van der Waals surface area contributed by atoms with Crippen LogP contribution in [0.2, 0.25) is 0 Å². The Labute approximate surface area is 182 Å². The van der Waals surface area contributed by atoms with Crippen molar-refractivity contribution in [3.05, 3.63) is 34.4 Å². The second-order valence-corrected chi connectivity index (χ2v) is 11.0. The lowest BCUT2D eigenvalue weighted by Gasteiger charge is -2.20. The number of carbonyl (C=O) groups is 1. The van der Waals surface area contributed by atoms with Crippen molar-refractivity contribution in [1.29, 1.82) is 0 Å².